The van der Waals surface area contributed by atoms with Gasteiger partial charge in [-0.25, -0.2) is 0 Å². The molecule has 1 aromatic heterocycles. The standard InChI is InChI=1S/C10H16N2OS/c1-2-5-11-6-7-12-10(13)9-4-3-8-14-9/h3-4,8,11H,2,5-7H2,1H3,(H,12,13). The minimum Gasteiger partial charge on any atom is -0.350 e. The number of amides is 1. The quantitative estimate of drug-likeness (QED) is 0.701. The maximum Gasteiger partial charge on any atom is 0.261 e. The average Bonchev–Trinajstić information content (AvgIpc) is 2.70. The first-order valence-corrected chi connectivity index (χ1v) is 5.75. The first-order valence-electron chi connectivity index (χ1n) is 4.87. The predicted octanol–water partition coefficient (Wildman–Crippen LogP) is 1.48. The highest BCUT2D eigenvalue weighted by molar-refractivity contribution is 7.12. The van der Waals surface area contributed by atoms with Crippen molar-refractivity contribution in [1.29, 1.82) is 0 Å². The molecule has 0 unspecified atom stereocenters. The molecule has 0 radical (unpaired) electrons. The Morgan fingerprint density at radius 2 is 2.29 bits per heavy atom. The molecule has 14 heavy (non-hydrogen) atoms. The Balaban J connectivity index is 2.10. The maximum absolute atomic E-state index is 11.4. The largest absolute Gasteiger partial charge is 0.350 e. The van der Waals surface area contributed by atoms with Gasteiger partial charge in [0, 0.05) is 13.1 Å². The lowest BCUT2D eigenvalue weighted by molar-refractivity contribution is 0.0958. The van der Waals surface area contributed by atoms with Gasteiger partial charge < -0.3 is 10.6 Å². The molecule has 1 aromatic rings. The minimum atomic E-state index is 0.0262. The molecule has 78 valence electrons. The molecule has 0 saturated heterocycles. The molecule has 0 spiro atoms. The summed E-state index contributed by atoms with van der Waals surface area (Å²) < 4.78 is 0. The van der Waals surface area contributed by atoms with E-state index in [1.165, 1.54) is 11.3 Å². The lowest BCUT2D eigenvalue weighted by Gasteiger charge is -2.04. The Morgan fingerprint density at radius 3 is 2.93 bits per heavy atom. The second-order valence-electron chi connectivity index (χ2n) is 2.98. The van der Waals surface area contributed by atoms with Crippen molar-refractivity contribution in [3.8, 4) is 0 Å². The van der Waals surface area contributed by atoms with Crippen LogP contribution in [0.1, 0.15) is 23.0 Å². The molecular weight excluding hydrogens is 196 g/mol. The highest BCUT2D eigenvalue weighted by atomic mass is 32.1. The molecule has 2 N–H and O–H groups in total. The second-order valence-corrected chi connectivity index (χ2v) is 3.93. The van der Waals surface area contributed by atoms with Crippen molar-refractivity contribution in [3.05, 3.63) is 22.4 Å². The predicted molar refractivity (Wildman–Crippen MR) is 59.8 cm³/mol. The summed E-state index contributed by atoms with van der Waals surface area (Å²) in [6, 6.07) is 3.72. The van der Waals surface area contributed by atoms with Gasteiger partial charge in [-0.05, 0) is 24.4 Å². The summed E-state index contributed by atoms with van der Waals surface area (Å²) in [6.45, 7) is 4.66. The first kappa shape index (κ1) is 11.2. The van der Waals surface area contributed by atoms with E-state index >= 15 is 0 Å². The number of rotatable bonds is 6. The van der Waals surface area contributed by atoms with Crippen molar-refractivity contribution >= 4 is 17.2 Å². The van der Waals surface area contributed by atoms with Gasteiger partial charge in [-0.2, -0.15) is 0 Å². The Bertz CT molecular complexity index is 259. The summed E-state index contributed by atoms with van der Waals surface area (Å²) in [7, 11) is 0. The molecule has 0 saturated carbocycles. The average molecular weight is 212 g/mol. The summed E-state index contributed by atoms with van der Waals surface area (Å²) in [6.07, 6.45) is 1.12. The van der Waals surface area contributed by atoms with Gasteiger partial charge in [0.1, 0.15) is 0 Å². The van der Waals surface area contributed by atoms with E-state index in [2.05, 4.69) is 17.6 Å². The van der Waals surface area contributed by atoms with Crippen molar-refractivity contribution < 1.29 is 4.79 Å². The van der Waals surface area contributed by atoms with Crippen molar-refractivity contribution in [3.63, 3.8) is 0 Å². The monoisotopic (exact) mass is 212 g/mol. The topological polar surface area (TPSA) is 41.1 Å². The Hall–Kier alpha value is -0.870. The van der Waals surface area contributed by atoms with E-state index in [1.807, 2.05) is 17.5 Å². The number of nitrogens with one attached hydrogen (secondary N) is 2. The first-order chi connectivity index (χ1) is 6.84. The van der Waals surface area contributed by atoms with Crippen LogP contribution < -0.4 is 10.6 Å². The van der Waals surface area contributed by atoms with Gasteiger partial charge in [0.15, 0.2) is 0 Å². The van der Waals surface area contributed by atoms with E-state index in [0.717, 1.165) is 24.4 Å². The van der Waals surface area contributed by atoms with Crippen LogP contribution in [0.5, 0.6) is 0 Å². The second kappa shape index (κ2) is 6.56. The minimum absolute atomic E-state index is 0.0262. The maximum atomic E-state index is 11.4. The van der Waals surface area contributed by atoms with Crippen molar-refractivity contribution in [1.82, 2.24) is 10.6 Å². The normalized spacial score (nSPS) is 10.1. The van der Waals surface area contributed by atoms with Gasteiger partial charge in [-0.1, -0.05) is 13.0 Å². The zero-order valence-electron chi connectivity index (χ0n) is 8.38. The van der Waals surface area contributed by atoms with Gasteiger partial charge in [-0.3, -0.25) is 4.79 Å². The van der Waals surface area contributed by atoms with Crippen molar-refractivity contribution in [2.75, 3.05) is 19.6 Å². The number of carbonyl (C=O) groups is 1. The number of hydrogen-bond acceptors (Lipinski definition) is 3. The molecule has 0 aliphatic rings. The van der Waals surface area contributed by atoms with Crippen LogP contribution in [0.25, 0.3) is 0 Å². The van der Waals surface area contributed by atoms with Crippen LogP contribution in [0.15, 0.2) is 17.5 Å². The van der Waals surface area contributed by atoms with E-state index in [-0.39, 0.29) is 5.91 Å². The van der Waals surface area contributed by atoms with E-state index in [0.29, 0.717) is 6.54 Å². The molecule has 0 fully saturated rings. The summed E-state index contributed by atoms with van der Waals surface area (Å²) in [5.41, 5.74) is 0. The fourth-order valence-electron chi connectivity index (χ4n) is 1.06. The third-order valence-electron chi connectivity index (χ3n) is 1.76. The molecular formula is C10H16N2OS. The Kier molecular flexibility index (Phi) is 5.25. The highest BCUT2D eigenvalue weighted by Gasteiger charge is 2.03. The van der Waals surface area contributed by atoms with Gasteiger partial charge in [0.05, 0.1) is 4.88 Å². The van der Waals surface area contributed by atoms with Crippen molar-refractivity contribution in [2.45, 2.75) is 13.3 Å². The number of hydrogen-bond donors (Lipinski definition) is 2. The Labute approximate surface area is 88.5 Å². The van der Waals surface area contributed by atoms with Crippen LogP contribution in [0.3, 0.4) is 0 Å². The molecule has 1 amide bonds. The lowest BCUT2D eigenvalue weighted by Crippen LogP contribution is -2.31. The molecule has 0 atom stereocenters. The fourth-order valence-corrected chi connectivity index (χ4v) is 1.70. The summed E-state index contributed by atoms with van der Waals surface area (Å²) >= 11 is 1.47. The lowest BCUT2D eigenvalue weighted by atomic mass is 10.4. The zero-order chi connectivity index (χ0) is 10.2. The van der Waals surface area contributed by atoms with Gasteiger partial charge in [-0.15, -0.1) is 11.3 Å². The molecule has 1 rings (SSSR count). The summed E-state index contributed by atoms with van der Waals surface area (Å²) in [5.74, 6) is 0.0262. The van der Waals surface area contributed by atoms with E-state index < -0.39 is 0 Å². The van der Waals surface area contributed by atoms with E-state index in [1.54, 1.807) is 0 Å². The van der Waals surface area contributed by atoms with Crippen molar-refractivity contribution in [2.24, 2.45) is 0 Å². The molecule has 0 aliphatic carbocycles. The van der Waals surface area contributed by atoms with Gasteiger partial charge in [0.2, 0.25) is 0 Å². The summed E-state index contributed by atoms with van der Waals surface area (Å²) in [4.78, 5) is 12.2. The fraction of sp³-hybridized carbons (Fsp3) is 0.500. The van der Waals surface area contributed by atoms with Crippen LogP contribution in [0.4, 0.5) is 0 Å². The summed E-state index contributed by atoms with van der Waals surface area (Å²) in [5, 5.41) is 7.98. The molecule has 0 aliphatic heterocycles. The molecule has 0 bridgehead atoms. The number of thiophene rings is 1. The highest BCUT2D eigenvalue weighted by Crippen LogP contribution is 2.07. The third-order valence-corrected chi connectivity index (χ3v) is 2.63. The van der Waals surface area contributed by atoms with Crippen LogP contribution in [-0.4, -0.2) is 25.5 Å². The SMILES string of the molecule is CCCNCCNC(=O)c1cccs1. The Morgan fingerprint density at radius 1 is 1.43 bits per heavy atom. The smallest absolute Gasteiger partial charge is 0.261 e. The van der Waals surface area contributed by atoms with E-state index in [9.17, 15) is 4.79 Å². The third kappa shape index (κ3) is 3.89. The molecule has 3 nitrogen and oxygen atoms in total. The number of carbonyl (C=O) groups excluding carboxylic acids is 1. The van der Waals surface area contributed by atoms with Crippen LogP contribution >= 0.6 is 11.3 Å². The molecule has 1 heterocycles. The van der Waals surface area contributed by atoms with Gasteiger partial charge in [0.25, 0.3) is 5.91 Å². The van der Waals surface area contributed by atoms with E-state index in [4.69, 9.17) is 0 Å². The molecule has 4 heteroatoms. The van der Waals surface area contributed by atoms with Crippen LogP contribution in [0.2, 0.25) is 0 Å². The van der Waals surface area contributed by atoms with Crippen LogP contribution in [-0.2, 0) is 0 Å². The zero-order valence-corrected chi connectivity index (χ0v) is 9.19. The van der Waals surface area contributed by atoms with Crippen LogP contribution in [0, 0.1) is 0 Å². The molecule has 0 aromatic carbocycles. The van der Waals surface area contributed by atoms with Gasteiger partial charge >= 0.3 is 0 Å².